The summed E-state index contributed by atoms with van der Waals surface area (Å²) in [6.07, 6.45) is 1.45. The second-order valence-electron chi connectivity index (χ2n) is 7.02. The number of ether oxygens (including phenoxy) is 1. The summed E-state index contributed by atoms with van der Waals surface area (Å²) in [5.74, 6) is -1.00. The van der Waals surface area contributed by atoms with Crippen molar-refractivity contribution in [3.8, 4) is 5.75 Å². The topological polar surface area (TPSA) is 92.9 Å². The zero-order valence-corrected chi connectivity index (χ0v) is 18.2. The van der Waals surface area contributed by atoms with Gasteiger partial charge in [0.2, 0.25) is 0 Å². The summed E-state index contributed by atoms with van der Waals surface area (Å²) in [6, 6.07) is 14.1. The van der Waals surface area contributed by atoms with E-state index in [1.54, 1.807) is 54.6 Å². The van der Waals surface area contributed by atoms with Crippen LogP contribution >= 0.6 is 22.9 Å². The van der Waals surface area contributed by atoms with Gasteiger partial charge in [0.25, 0.3) is 5.78 Å². The number of carbonyl (C=O) groups excluding carboxylic acids is 2. The number of anilines is 1. The van der Waals surface area contributed by atoms with Gasteiger partial charge in [0.05, 0.1) is 29.2 Å². The molecule has 1 atom stereocenters. The first-order valence-electron chi connectivity index (χ1n) is 9.53. The second kappa shape index (κ2) is 7.81. The highest BCUT2D eigenvalue weighted by molar-refractivity contribution is 7.22. The van der Waals surface area contributed by atoms with Crippen molar-refractivity contribution in [2.45, 2.75) is 6.04 Å². The molecule has 0 bridgehead atoms. The molecule has 1 aliphatic heterocycles. The fraction of sp³-hybridized carbons (Fsp3) is 0.0870. The van der Waals surface area contributed by atoms with E-state index in [9.17, 15) is 14.7 Å². The van der Waals surface area contributed by atoms with Crippen LogP contribution < -0.4 is 9.64 Å². The maximum absolute atomic E-state index is 13.1. The van der Waals surface area contributed by atoms with Crippen molar-refractivity contribution in [3.63, 3.8) is 0 Å². The minimum atomic E-state index is -0.969. The number of hydrogen-bond acceptors (Lipinski definition) is 7. The average molecular weight is 467 g/mol. The Morgan fingerprint density at radius 1 is 1.19 bits per heavy atom. The normalized spacial score (nSPS) is 17.9. The minimum Gasteiger partial charge on any atom is -0.507 e. The monoisotopic (exact) mass is 466 g/mol. The molecular weight excluding hydrogens is 452 g/mol. The van der Waals surface area contributed by atoms with Crippen LogP contribution in [0.3, 0.4) is 0 Å². The van der Waals surface area contributed by atoms with Crippen LogP contribution in [0.15, 0.2) is 70.9 Å². The Labute approximate surface area is 191 Å². The van der Waals surface area contributed by atoms with E-state index in [-0.39, 0.29) is 11.3 Å². The van der Waals surface area contributed by atoms with E-state index in [1.807, 2.05) is 0 Å². The Balaban J connectivity index is 1.68. The zero-order valence-electron chi connectivity index (χ0n) is 16.6. The van der Waals surface area contributed by atoms with Crippen LogP contribution in [-0.2, 0) is 9.59 Å². The Hall–Kier alpha value is -3.62. The predicted molar refractivity (Wildman–Crippen MR) is 121 cm³/mol. The maximum atomic E-state index is 13.1. The van der Waals surface area contributed by atoms with E-state index >= 15 is 0 Å². The lowest BCUT2D eigenvalue weighted by molar-refractivity contribution is -0.132. The summed E-state index contributed by atoms with van der Waals surface area (Å²) in [5, 5.41) is 11.9. The van der Waals surface area contributed by atoms with Gasteiger partial charge in [-0.15, -0.1) is 0 Å². The third-order valence-electron chi connectivity index (χ3n) is 5.17. The molecule has 0 radical (unpaired) electrons. The van der Waals surface area contributed by atoms with Gasteiger partial charge in [-0.05, 0) is 54.6 Å². The Kier molecular flexibility index (Phi) is 4.96. The smallest absolute Gasteiger partial charge is 0.302 e. The highest BCUT2D eigenvalue weighted by atomic mass is 35.5. The first-order chi connectivity index (χ1) is 15.5. The van der Waals surface area contributed by atoms with Crippen molar-refractivity contribution in [2.24, 2.45) is 0 Å². The molecule has 0 aliphatic carbocycles. The maximum Gasteiger partial charge on any atom is 0.302 e. The van der Waals surface area contributed by atoms with Crippen LogP contribution in [-0.4, -0.2) is 28.9 Å². The van der Waals surface area contributed by atoms with Crippen molar-refractivity contribution in [3.05, 3.63) is 82.8 Å². The number of Topliss-reactive ketones (excluding diaryl/α,β-unsaturated/α-hetero) is 1. The van der Waals surface area contributed by atoms with E-state index in [0.717, 1.165) is 4.70 Å². The Bertz CT molecular complexity index is 1380. The van der Waals surface area contributed by atoms with Gasteiger partial charge in [0.15, 0.2) is 5.13 Å². The number of nitrogens with zero attached hydrogens (tertiary/aromatic N) is 2. The summed E-state index contributed by atoms with van der Waals surface area (Å²) >= 11 is 7.31. The molecule has 1 amide bonds. The number of amides is 1. The number of halogens is 1. The molecule has 5 rings (SSSR count). The number of fused-ring (bicyclic) bond motifs is 1. The number of aliphatic hydroxyl groups excluding tert-OH is 1. The lowest BCUT2D eigenvalue weighted by Crippen LogP contribution is -2.29. The van der Waals surface area contributed by atoms with E-state index in [4.69, 9.17) is 20.8 Å². The SMILES string of the molecule is COc1ccc(C(O)=C2C(=O)C(=O)N(c3nc4ccc(Cl)cc4s3)C2c2ccco2)cc1. The minimum absolute atomic E-state index is 0.0765. The first-order valence-corrected chi connectivity index (χ1v) is 10.7. The van der Waals surface area contributed by atoms with Gasteiger partial charge in [-0.2, -0.15) is 0 Å². The third kappa shape index (κ3) is 3.24. The number of methoxy groups -OCH3 is 1. The number of rotatable bonds is 4. The molecule has 2 aromatic carbocycles. The summed E-state index contributed by atoms with van der Waals surface area (Å²) in [4.78, 5) is 32.0. The van der Waals surface area contributed by atoms with Crippen molar-refractivity contribution < 1.29 is 23.8 Å². The summed E-state index contributed by atoms with van der Waals surface area (Å²) < 4.78 is 11.5. The van der Waals surface area contributed by atoms with Gasteiger partial charge < -0.3 is 14.3 Å². The van der Waals surface area contributed by atoms with Crippen molar-refractivity contribution in [1.82, 2.24) is 4.98 Å². The van der Waals surface area contributed by atoms with E-state index in [2.05, 4.69) is 4.98 Å². The number of aliphatic hydroxyl groups is 1. The highest BCUT2D eigenvalue weighted by Crippen LogP contribution is 2.44. The number of aromatic nitrogens is 1. The van der Waals surface area contributed by atoms with Crippen LogP contribution in [0.25, 0.3) is 16.0 Å². The van der Waals surface area contributed by atoms with Gasteiger partial charge >= 0.3 is 5.91 Å². The van der Waals surface area contributed by atoms with Gasteiger partial charge in [-0.3, -0.25) is 14.5 Å². The molecule has 9 heteroatoms. The lowest BCUT2D eigenvalue weighted by Gasteiger charge is -2.20. The quantitative estimate of drug-likeness (QED) is 0.253. The molecule has 0 saturated carbocycles. The van der Waals surface area contributed by atoms with Crippen LogP contribution in [0, 0.1) is 0 Å². The fourth-order valence-corrected chi connectivity index (χ4v) is 4.91. The number of ketones is 1. The molecule has 1 N–H and O–H groups in total. The van der Waals surface area contributed by atoms with Gasteiger partial charge in [-0.25, -0.2) is 4.98 Å². The number of thiazole rings is 1. The molecule has 7 nitrogen and oxygen atoms in total. The molecule has 1 aliphatic rings. The Morgan fingerprint density at radius 2 is 1.97 bits per heavy atom. The summed E-state index contributed by atoms with van der Waals surface area (Å²) in [7, 11) is 1.53. The van der Waals surface area contributed by atoms with Crippen molar-refractivity contribution in [2.75, 3.05) is 12.0 Å². The molecular formula is C23H15ClN2O5S. The second-order valence-corrected chi connectivity index (χ2v) is 8.47. The number of furan rings is 1. The molecule has 4 aromatic rings. The van der Waals surface area contributed by atoms with Crippen LogP contribution in [0.2, 0.25) is 5.02 Å². The van der Waals surface area contributed by atoms with E-state index < -0.39 is 17.7 Å². The molecule has 0 spiro atoms. The fourth-order valence-electron chi connectivity index (χ4n) is 3.64. The van der Waals surface area contributed by atoms with Crippen LogP contribution in [0.5, 0.6) is 5.75 Å². The van der Waals surface area contributed by atoms with Crippen molar-refractivity contribution >= 4 is 55.7 Å². The predicted octanol–water partition coefficient (Wildman–Crippen LogP) is 5.18. The average Bonchev–Trinajstić information content (AvgIpc) is 3.52. The van der Waals surface area contributed by atoms with Gasteiger partial charge in [0.1, 0.15) is 23.3 Å². The highest BCUT2D eigenvalue weighted by Gasteiger charge is 2.49. The first kappa shape index (κ1) is 20.3. The number of benzene rings is 2. The molecule has 3 heterocycles. The molecule has 160 valence electrons. The lowest BCUT2D eigenvalue weighted by atomic mass is 9.99. The third-order valence-corrected chi connectivity index (χ3v) is 6.42. The van der Waals surface area contributed by atoms with Crippen LogP contribution in [0.1, 0.15) is 17.4 Å². The molecule has 1 fully saturated rings. The van der Waals surface area contributed by atoms with E-state index in [1.165, 1.54) is 29.6 Å². The van der Waals surface area contributed by atoms with E-state index in [0.29, 0.717) is 32.7 Å². The molecule has 1 saturated heterocycles. The zero-order chi connectivity index (χ0) is 22.4. The van der Waals surface area contributed by atoms with Crippen LogP contribution in [0.4, 0.5) is 5.13 Å². The number of carbonyl (C=O) groups is 2. The van der Waals surface area contributed by atoms with Gasteiger partial charge in [-0.1, -0.05) is 22.9 Å². The Morgan fingerprint density at radius 3 is 2.66 bits per heavy atom. The molecule has 32 heavy (non-hydrogen) atoms. The molecule has 1 unspecified atom stereocenters. The summed E-state index contributed by atoms with van der Waals surface area (Å²) in [6.45, 7) is 0. The van der Waals surface area contributed by atoms with Crippen molar-refractivity contribution in [1.29, 1.82) is 0 Å². The summed E-state index contributed by atoms with van der Waals surface area (Å²) in [5.41, 5.74) is 0.938. The number of hydrogen-bond donors (Lipinski definition) is 1. The van der Waals surface area contributed by atoms with Gasteiger partial charge in [0, 0.05) is 10.6 Å². The largest absolute Gasteiger partial charge is 0.507 e. The standard InChI is InChI=1S/C23H15ClN2O5S/c1-30-14-7-4-12(5-8-14)20(27)18-19(16-3-2-10-31-16)26(22(29)21(18)28)23-25-15-9-6-13(24)11-17(15)32-23/h2-11,19,27H,1H3. The molecule has 2 aromatic heterocycles.